The summed E-state index contributed by atoms with van der Waals surface area (Å²) in [5.41, 5.74) is 3.54. The van der Waals surface area contributed by atoms with Crippen molar-refractivity contribution in [3.8, 4) is 22.8 Å². The van der Waals surface area contributed by atoms with E-state index in [1.54, 1.807) is 17.9 Å². The van der Waals surface area contributed by atoms with E-state index in [0.29, 0.717) is 11.0 Å². The molecule has 0 aliphatic rings. The smallest absolute Gasteiger partial charge is 0.290 e. The Morgan fingerprint density at radius 1 is 1.29 bits per heavy atom. The Balaban J connectivity index is 2.22. The highest BCUT2D eigenvalue weighted by atomic mass is 35.5. The van der Waals surface area contributed by atoms with Crippen LogP contribution in [0.15, 0.2) is 18.2 Å². The van der Waals surface area contributed by atoms with Crippen molar-refractivity contribution in [3.63, 3.8) is 0 Å². The maximum Gasteiger partial charge on any atom is 0.290 e. The highest BCUT2D eigenvalue weighted by Gasteiger charge is 2.19. The number of aryl methyl sites for hydroxylation is 1. The number of nitrogens with zero attached hydrogens (tertiary/aromatic N) is 5. The van der Waals surface area contributed by atoms with Crippen LogP contribution in [0.4, 0.5) is 0 Å². The first-order chi connectivity index (χ1) is 10.1. The number of nitrogens with one attached hydrogen (secondary N) is 1. The first-order valence-corrected chi connectivity index (χ1v) is 6.63. The minimum Gasteiger partial charge on any atom is -0.496 e. The third-order valence-electron chi connectivity index (χ3n) is 3.25. The molecule has 1 aromatic carbocycles. The number of rotatable bonds is 3. The number of halogens is 1. The van der Waals surface area contributed by atoms with E-state index >= 15 is 0 Å². The fraction of sp³-hybridized carbons (Fsp3) is 0.231. The average molecular weight is 305 g/mol. The molecule has 0 saturated carbocycles. The first-order valence-electron chi connectivity index (χ1n) is 6.25. The Hall–Kier alpha value is -2.41. The summed E-state index contributed by atoms with van der Waals surface area (Å²) in [5, 5.41) is 19.0. The number of hydrogen-bond donors (Lipinski definition) is 1. The molecule has 0 amide bonds. The van der Waals surface area contributed by atoms with Crippen molar-refractivity contribution >= 4 is 11.6 Å². The summed E-state index contributed by atoms with van der Waals surface area (Å²) in [6, 6.07) is 5.48. The van der Waals surface area contributed by atoms with Crippen LogP contribution in [0.3, 0.4) is 0 Å². The van der Waals surface area contributed by atoms with Crippen molar-refractivity contribution in [2.24, 2.45) is 0 Å². The molecule has 2 aromatic heterocycles. The molecule has 0 radical (unpaired) electrons. The van der Waals surface area contributed by atoms with E-state index < -0.39 is 0 Å². The summed E-state index contributed by atoms with van der Waals surface area (Å²) in [6.45, 7) is 3.85. The Kier molecular flexibility index (Phi) is 3.34. The summed E-state index contributed by atoms with van der Waals surface area (Å²) in [4.78, 5) is 0. The van der Waals surface area contributed by atoms with Crippen LogP contribution in [0.5, 0.6) is 5.75 Å². The van der Waals surface area contributed by atoms with Gasteiger partial charge in [0.2, 0.25) is 0 Å². The maximum absolute atomic E-state index is 6.11. The molecular formula is C13H13ClN6O. The number of ether oxygens (including phenoxy) is 1. The fourth-order valence-corrected chi connectivity index (χ4v) is 2.52. The minimum absolute atomic E-state index is 0.392. The lowest BCUT2D eigenvalue weighted by Crippen LogP contribution is -2.01. The van der Waals surface area contributed by atoms with Crippen molar-refractivity contribution in [1.82, 2.24) is 30.4 Å². The quantitative estimate of drug-likeness (QED) is 0.803. The summed E-state index contributed by atoms with van der Waals surface area (Å²) < 4.78 is 7.05. The monoisotopic (exact) mass is 304 g/mol. The molecule has 0 aliphatic heterocycles. The van der Waals surface area contributed by atoms with Crippen LogP contribution in [0.25, 0.3) is 17.1 Å². The van der Waals surface area contributed by atoms with E-state index in [1.165, 1.54) is 0 Å². The zero-order valence-electron chi connectivity index (χ0n) is 11.8. The highest BCUT2D eigenvalue weighted by molar-refractivity contribution is 6.31. The Morgan fingerprint density at radius 3 is 2.76 bits per heavy atom. The van der Waals surface area contributed by atoms with Gasteiger partial charge >= 0.3 is 0 Å². The lowest BCUT2D eigenvalue weighted by Gasteiger charge is -2.09. The van der Waals surface area contributed by atoms with Gasteiger partial charge < -0.3 is 4.74 Å². The predicted octanol–water partition coefficient (Wildman–Crippen LogP) is 2.33. The third-order valence-corrected chi connectivity index (χ3v) is 3.48. The van der Waals surface area contributed by atoms with Crippen LogP contribution in [0, 0.1) is 13.8 Å². The maximum atomic E-state index is 6.11. The van der Waals surface area contributed by atoms with Gasteiger partial charge in [-0.1, -0.05) is 16.7 Å². The molecule has 0 unspecified atom stereocenters. The van der Waals surface area contributed by atoms with Crippen molar-refractivity contribution in [2.45, 2.75) is 13.8 Å². The van der Waals surface area contributed by atoms with Gasteiger partial charge in [0.05, 0.1) is 18.5 Å². The lowest BCUT2D eigenvalue weighted by molar-refractivity contribution is 0.416. The van der Waals surface area contributed by atoms with Crippen molar-refractivity contribution in [3.05, 3.63) is 34.6 Å². The van der Waals surface area contributed by atoms with E-state index in [2.05, 4.69) is 25.7 Å². The summed E-state index contributed by atoms with van der Waals surface area (Å²) in [5.74, 6) is 1.13. The third kappa shape index (κ3) is 2.25. The SMILES string of the molecule is COc1ccc(Cl)cc1-c1c(C)nn(-c2nn[nH]n2)c1C. The molecule has 3 aromatic rings. The number of aromatic amines is 1. The zero-order chi connectivity index (χ0) is 15.0. The molecule has 0 bridgehead atoms. The lowest BCUT2D eigenvalue weighted by atomic mass is 10.0. The van der Waals surface area contributed by atoms with Crippen molar-refractivity contribution in [1.29, 1.82) is 0 Å². The van der Waals surface area contributed by atoms with Crippen LogP contribution in [0.1, 0.15) is 11.4 Å². The number of aromatic nitrogens is 6. The van der Waals surface area contributed by atoms with Crippen LogP contribution in [-0.2, 0) is 0 Å². The number of H-pyrrole nitrogens is 1. The standard InChI is InChI=1S/C13H13ClN6O/c1-7-12(10-6-9(14)4-5-11(10)21-3)8(2)20(17-7)13-15-18-19-16-13/h4-6H,1-3H3,(H,15,16,18,19). The molecule has 8 heteroatoms. The number of methoxy groups -OCH3 is 1. The predicted molar refractivity (Wildman–Crippen MR) is 77.8 cm³/mol. The molecule has 0 saturated heterocycles. The van der Waals surface area contributed by atoms with E-state index in [1.807, 2.05) is 26.0 Å². The largest absolute Gasteiger partial charge is 0.496 e. The molecule has 0 aliphatic carbocycles. The molecule has 0 fully saturated rings. The number of hydrogen-bond acceptors (Lipinski definition) is 5. The van der Waals surface area contributed by atoms with Crippen LogP contribution >= 0.6 is 11.6 Å². The second kappa shape index (κ2) is 5.17. The minimum atomic E-state index is 0.392. The molecule has 108 valence electrons. The van der Waals surface area contributed by atoms with Gasteiger partial charge in [-0.2, -0.15) is 15.0 Å². The molecule has 7 nitrogen and oxygen atoms in total. The zero-order valence-corrected chi connectivity index (χ0v) is 12.5. The summed E-state index contributed by atoms with van der Waals surface area (Å²) in [7, 11) is 1.63. The summed E-state index contributed by atoms with van der Waals surface area (Å²) in [6.07, 6.45) is 0. The van der Waals surface area contributed by atoms with E-state index in [4.69, 9.17) is 16.3 Å². The van der Waals surface area contributed by atoms with Crippen LogP contribution in [0.2, 0.25) is 5.02 Å². The van der Waals surface area contributed by atoms with Crippen molar-refractivity contribution in [2.75, 3.05) is 7.11 Å². The normalized spacial score (nSPS) is 10.9. The Labute approximate surface area is 125 Å². The van der Waals surface area contributed by atoms with Gasteiger partial charge in [0, 0.05) is 16.1 Å². The van der Waals surface area contributed by atoms with Gasteiger partial charge in [-0.05, 0) is 37.3 Å². The van der Waals surface area contributed by atoms with Gasteiger partial charge in [-0.25, -0.2) is 0 Å². The van der Waals surface area contributed by atoms with E-state index in [-0.39, 0.29) is 0 Å². The Morgan fingerprint density at radius 2 is 2.10 bits per heavy atom. The Bertz CT molecular complexity index is 780. The van der Waals surface area contributed by atoms with Gasteiger partial charge in [0.15, 0.2) is 0 Å². The van der Waals surface area contributed by atoms with Crippen molar-refractivity contribution < 1.29 is 4.74 Å². The van der Waals surface area contributed by atoms with Gasteiger partial charge in [0.25, 0.3) is 5.95 Å². The van der Waals surface area contributed by atoms with Crippen LogP contribution < -0.4 is 4.74 Å². The molecule has 2 heterocycles. The topological polar surface area (TPSA) is 81.5 Å². The summed E-state index contributed by atoms with van der Waals surface area (Å²) >= 11 is 6.11. The molecule has 3 rings (SSSR count). The highest BCUT2D eigenvalue weighted by Crippen LogP contribution is 2.36. The fourth-order valence-electron chi connectivity index (χ4n) is 2.35. The number of benzene rings is 1. The van der Waals surface area contributed by atoms with Crippen LogP contribution in [-0.4, -0.2) is 37.5 Å². The molecule has 21 heavy (non-hydrogen) atoms. The molecule has 1 N–H and O–H groups in total. The second-order valence-corrected chi connectivity index (χ2v) is 4.95. The molecule has 0 spiro atoms. The van der Waals surface area contributed by atoms with Gasteiger partial charge in [-0.3, -0.25) is 0 Å². The number of tetrazole rings is 1. The van der Waals surface area contributed by atoms with E-state index in [9.17, 15) is 0 Å². The molecular weight excluding hydrogens is 292 g/mol. The first kappa shape index (κ1) is 13.6. The average Bonchev–Trinajstić information content (AvgIpc) is 3.07. The van der Waals surface area contributed by atoms with Gasteiger partial charge in [0.1, 0.15) is 5.75 Å². The van der Waals surface area contributed by atoms with E-state index in [0.717, 1.165) is 28.3 Å². The van der Waals surface area contributed by atoms with Gasteiger partial charge in [-0.15, -0.1) is 5.10 Å². The molecule has 0 atom stereocenters. The second-order valence-electron chi connectivity index (χ2n) is 4.51.